The van der Waals surface area contributed by atoms with Crippen molar-refractivity contribution < 1.29 is 14.7 Å². The number of rotatable bonds is 4. The van der Waals surface area contributed by atoms with Crippen LogP contribution in [-0.2, 0) is 16.0 Å². The number of Topliss-reactive ketones (excluding diaryl/α,β-unsaturated/α-hetero) is 1. The minimum Gasteiger partial charge on any atom is -0.481 e. The zero-order valence-electron chi connectivity index (χ0n) is 8.43. The van der Waals surface area contributed by atoms with E-state index in [2.05, 4.69) is 0 Å². The van der Waals surface area contributed by atoms with E-state index in [1.54, 1.807) is 24.3 Å². The number of anilines is 1. The summed E-state index contributed by atoms with van der Waals surface area (Å²) in [6.07, 6.45) is 0.213. The number of aliphatic carboxylic acids is 1. The van der Waals surface area contributed by atoms with Crippen LogP contribution in [0.15, 0.2) is 24.3 Å². The highest BCUT2D eigenvalue weighted by molar-refractivity contribution is 5.97. The van der Waals surface area contributed by atoms with Crippen LogP contribution in [0, 0.1) is 5.92 Å². The largest absolute Gasteiger partial charge is 0.481 e. The van der Waals surface area contributed by atoms with Crippen LogP contribution in [0.3, 0.4) is 0 Å². The van der Waals surface area contributed by atoms with Gasteiger partial charge in [0.2, 0.25) is 0 Å². The first kappa shape index (κ1) is 11.2. The summed E-state index contributed by atoms with van der Waals surface area (Å²) < 4.78 is 0. The molecule has 3 N–H and O–H groups in total. The van der Waals surface area contributed by atoms with Gasteiger partial charge in [-0.25, -0.2) is 0 Å². The second kappa shape index (κ2) is 4.59. The highest BCUT2D eigenvalue weighted by Crippen LogP contribution is 2.12. The summed E-state index contributed by atoms with van der Waals surface area (Å²) in [5.41, 5.74) is 6.91. The number of carbonyl (C=O) groups is 2. The maximum absolute atomic E-state index is 11.1. The Morgan fingerprint density at radius 2 is 1.87 bits per heavy atom. The van der Waals surface area contributed by atoms with Crippen molar-refractivity contribution in [1.29, 1.82) is 0 Å². The van der Waals surface area contributed by atoms with Gasteiger partial charge in [-0.3, -0.25) is 9.59 Å². The highest BCUT2D eigenvalue weighted by atomic mass is 16.4. The predicted octanol–water partition coefficient (Wildman–Crippen LogP) is 1.10. The van der Waals surface area contributed by atoms with Crippen molar-refractivity contribution in [3.8, 4) is 0 Å². The zero-order chi connectivity index (χ0) is 11.4. The van der Waals surface area contributed by atoms with Gasteiger partial charge in [0.1, 0.15) is 11.7 Å². The van der Waals surface area contributed by atoms with E-state index < -0.39 is 11.9 Å². The van der Waals surface area contributed by atoms with E-state index in [1.807, 2.05) is 0 Å². The lowest BCUT2D eigenvalue weighted by atomic mass is 9.96. The predicted molar refractivity (Wildman–Crippen MR) is 56.4 cm³/mol. The van der Waals surface area contributed by atoms with Gasteiger partial charge in [0.05, 0.1) is 0 Å². The van der Waals surface area contributed by atoms with Crippen molar-refractivity contribution >= 4 is 17.4 Å². The van der Waals surface area contributed by atoms with Crippen molar-refractivity contribution in [2.75, 3.05) is 5.73 Å². The number of nitrogens with two attached hydrogens (primary N) is 1. The van der Waals surface area contributed by atoms with E-state index in [4.69, 9.17) is 10.8 Å². The number of carboxylic acid groups (broad SMARTS) is 1. The van der Waals surface area contributed by atoms with Crippen LogP contribution >= 0.6 is 0 Å². The molecule has 0 aliphatic heterocycles. The molecule has 80 valence electrons. The molecule has 0 bridgehead atoms. The average Bonchev–Trinajstić information content (AvgIpc) is 2.15. The molecule has 0 amide bonds. The molecule has 0 heterocycles. The molecule has 1 rings (SSSR count). The summed E-state index contributed by atoms with van der Waals surface area (Å²) in [5.74, 6) is -2.38. The van der Waals surface area contributed by atoms with Crippen molar-refractivity contribution in [2.45, 2.75) is 13.3 Å². The van der Waals surface area contributed by atoms with E-state index in [9.17, 15) is 9.59 Å². The van der Waals surface area contributed by atoms with Crippen molar-refractivity contribution in [3.63, 3.8) is 0 Å². The molecule has 1 aromatic carbocycles. The monoisotopic (exact) mass is 207 g/mol. The van der Waals surface area contributed by atoms with E-state index in [1.165, 1.54) is 6.92 Å². The molecule has 0 radical (unpaired) electrons. The second-order valence-corrected chi connectivity index (χ2v) is 3.45. The van der Waals surface area contributed by atoms with Crippen LogP contribution in [0.2, 0.25) is 0 Å². The lowest BCUT2D eigenvalue weighted by Crippen LogP contribution is -2.23. The molecule has 0 aliphatic carbocycles. The first-order chi connectivity index (χ1) is 7.00. The maximum atomic E-state index is 11.1. The Balaban J connectivity index is 2.79. The number of carbonyl (C=O) groups excluding carboxylic acids is 1. The molecule has 1 unspecified atom stereocenters. The Bertz CT molecular complexity index is 356. The SMILES string of the molecule is CC(=O)C(Cc1ccc(N)cc1)C(=O)O. The third-order valence-corrected chi connectivity index (χ3v) is 2.21. The van der Waals surface area contributed by atoms with Gasteiger partial charge in [0.25, 0.3) is 0 Å². The fourth-order valence-corrected chi connectivity index (χ4v) is 1.29. The molecule has 1 aromatic rings. The summed E-state index contributed by atoms with van der Waals surface area (Å²) in [5, 5.41) is 8.81. The van der Waals surface area contributed by atoms with Gasteiger partial charge < -0.3 is 10.8 Å². The van der Waals surface area contributed by atoms with Crippen molar-refractivity contribution in [1.82, 2.24) is 0 Å². The Labute approximate surface area is 87.7 Å². The molecule has 1 atom stereocenters. The fourth-order valence-electron chi connectivity index (χ4n) is 1.29. The molecule has 0 aliphatic rings. The van der Waals surface area contributed by atoms with Crippen molar-refractivity contribution in [3.05, 3.63) is 29.8 Å². The van der Waals surface area contributed by atoms with E-state index >= 15 is 0 Å². The molecule has 0 aromatic heterocycles. The van der Waals surface area contributed by atoms with Gasteiger partial charge in [0, 0.05) is 5.69 Å². The van der Waals surface area contributed by atoms with Crippen LogP contribution in [-0.4, -0.2) is 16.9 Å². The van der Waals surface area contributed by atoms with Crippen LogP contribution in [0.1, 0.15) is 12.5 Å². The minimum atomic E-state index is -1.08. The quantitative estimate of drug-likeness (QED) is 0.572. The number of nitrogen functional groups attached to an aromatic ring is 1. The summed E-state index contributed by atoms with van der Waals surface area (Å²) in [6, 6.07) is 6.84. The highest BCUT2D eigenvalue weighted by Gasteiger charge is 2.22. The van der Waals surface area contributed by atoms with Crippen molar-refractivity contribution in [2.24, 2.45) is 5.92 Å². The fraction of sp³-hybridized carbons (Fsp3) is 0.273. The Morgan fingerprint density at radius 1 is 1.33 bits per heavy atom. The van der Waals surface area contributed by atoms with E-state index in [-0.39, 0.29) is 12.2 Å². The minimum absolute atomic E-state index is 0.213. The molecule has 4 heteroatoms. The van der Waals surface area contributed by atoms with Gasteiger partial charge >= 0.3 is 5.97 Å². The van der Waals surface area contributed by atoms with Gasteiger partial charge in [-0.05, 0) is 31.0 Å². The Hall–Kier alpha value is -1.84. The van der Waals surface area contributed by atoms with E-state index in [0.717, 1.165) is 5.56 Å². The van der Waals surface area contributed by atoms with E-state index in [0.29, 0.717) is 5.69 Å². The number of hydrogen-bond acceptors (Lipinski definition) is 3. The topological polar surface area (TPSA) is 80.4 Å². The first-order valence-corrected chi connectivity index (χ1v) is 4.58. The van der Waals surface area contributed by atoms with Crippen LogP contribution < -0.4 is 5.73 Å². The number of benzene rings is 1. The normalized spacial score (nSPS) is 12.1. The van der Waals surface area contributed by atoms with Crippen LogP contribution in [0.5, 0.6) is 0 Å². The third kappa shape index (κ3) is 3.09. The number of hydrogen-bond donors (Lipinski definition) is 2. The summed E-state index contributed by atoms with van der Waals surface area (Å²) in [4.78, 5) is 21.8. The lowest BCUT2D eigenvalue weighted by molar-refractivity contribution is -0.145. The van der Waals surface area contributed by atoms with Crippen LogP contribution in [0.25, 0.3) is 0 Å². The van der Waals surface area contributed by atoms with Gasteiger partial charge in [0.15, 0.2) is 0 Å². The zero-order valence-corrected chi connectivity index (χ0v) is 8.43. The standard InChI is InChI=1S/C11H13NO3/c1-7(13)10(11(14)15)6-8-2-4-9(12)5-3-8/h2-5,10H,6,12H2,1H3,(H,14,15). The summed E-state index contributed by atoms with van der Waals surface area (Å²) in [7, 11) is 0. The molecule has 0 saturated carbocycles. The van der Waals surface area contributed by atoms with Gasteiger partial charge in [-0.1, -0.05) is 12.1 Å². The molecular weight excluding hydrogens is 194 g/mol. The van der Waals surface area contributed by atoms with Gasteiger partial charge in [-0.2, -0.15) is 0 Å². The van der Waals surface area contributed by atoms with Gasteiger partial charge in [-0.15, -0.1) is 0 Å². The summed E-state index contributed by atoms with van der Waals surface area (Å²) in [6.45, 7) is 1.29. The molecule has 0 saturated heterocycles. The second-order valence-electron chi connectivity index (χ2n) is 3.45. The molecular formula is C11H13NO3. The molecule has 0 spiro atoms. The first-order valence-electron chi connectivity index (χ1n) is 4.58. The number of carboxylic acids is 1. The smallest absolute Gasteiger partial charge is 0.314 e. The molecule has 0 fully saturated rings. The summed E-state index contributed by atoms with van der Waals surface area (Å²) >= 11 is 0. The molecule has 4 nitrogen and oxygen atoms in total. The third-order valence-electron chi connectivity index (χ3n) is 2.21. The average molecular weight is 207 g/mol. The van der Waals surface area contributed by atoms with Crippen LogP contribution in [0.4, 0.5) is 5.69 Å². The molecule has 15 heavy (non-hydrogen) atoms. The lowest BCUT2D eigenvalue weighted by Gasteiger charge is -2.08. The maximum Gasteiger partial charge on any atom is 0.314 e. The Morgan fingerprint density at radius 3 is 2.27 bits per heavy atom. The number of ketones is 1. The Kier molecular flexibility index (Phi) is 3.44.